The molecule has 0 spiro atoms. The van der Waals surface area contributed by atoms with E-state index in [1.54, 1.807) is 0 Å². The van der Waals surface area contributed by atoms with Gasteiger partial charge in [-0.1, -0.05) is 0 Å². The van der Waals surface area contributed by atoms with Crippen LogP contribution in [0.25, 0.3) is 0 Å². The number of carboxylic acids is 1. The van der Waals surface area contributed by atoms with Gasteiger partial charge in [0, 0.05) is 6.54 Å². The number of rotatable bonds is 2. The second kappa shape index (κ2) is 4.75. The molecule has 1 aliphatic rings. The Hall–Kier alpha value is -1.61. The van der Waals surface area contributed by atoms with Gasteiger partial charge in [0.25, 0.3) is 0 Å². The van der Waals surface area contributed by atoms with E-state index in [0.717, 1.165) is 0 Å². The molecule has 1 amide bonds. The molecule has 6 nitrogen and oxygen atoms in total. The predicted molar refractivity (Wildman–Crippen MR) is 48.7 cm³/mol. The first-order valence-corrected chi connectivity index (χ1v) is 4.59. The normalized spacial score (nSPS) is 22.9. The standard InChI is InChI=1S/C9H12N2O4/c1-6(9(13)14)8(12)11-2-3-15-7(4-10)5-11/h6-7H,2-3,5H2,1H3,(H,13,14). The van der Waals surface area contributed by atoms with Crippen molar-refractivity contribution in [1.82, 2.24) is 4.90 Å². The lowest BCUT2D eigenvalue weighted by molar-refractivity contribution is -0.153. The first-order chi connectivity index (χ1) is 7.06. The van der Waals surface area contributed by atoms with E-state index in [0.29, 0.717) is 6.54 Å². The van der Waals surface area contributed by atoms with Crippen LogP contribution in [0.3, 0.4) is 0 Å². The summed E-state index contributed by atoms with van der Waals surface area (Å²) in [6.45, 7) is 2.10. The van der Waals surface area contributed by atoms with Crippen molar-refractivity contribution in [3.8, 4) is 6.07 Å². The third-order valence-electron chi connectivity index (χ3n) is 2.26. The summed E-state index contributed by atoms with van der Waals surface area (Å²) in [7, 11) is 0. The Labute approximate surface area is 87.0 Å². The van der Waals surface area contributed by atoms with Crippen LogP contribution in [-0.4, -0.2) is 47.7 Å². The van der Waals surface area contributed by atoms with Crippen LogP contribution in [0.2, 0.25) is 0 Å². The zero-order chi connectivity index (χ0) is 11.4. The van der Waals surface area contributed by atoms with Crippen LogP contribution in [0.1, 0.15) is 6.92 Å². The molecular formula is C9H12N2O4. The van der Waals surface area contributed by atoms with Gasteiger partial charge in [0.05, 0.1) is 19.2 Å². The van der Waals surface area contributed by atoms with Gasteiger partial charge in [0.15, 0.2) is 6.10 Å². The van der Waals surface area contributed by atoms with Crippen LogP contribution >= 0.6 is 0 Å². The van der Waals surface area contributed by atoms with E-state index in [1.165, 1.54) is 11.8 Å². The SMILES string of the molecule is CC(C(=O)O)C(=O)N1CCOC(C#N)C1. The van der Waals surface area contributed by atoms with E-state index in [2.05, 4.69) is 0 Å². The highest BCUT2D eigenvalue weighted by molar-refractivity contribution is 5.96. The van der Waals surface area contributed by atoms with Gasteiger partial charge in [-0.2, -0.15) is 5.26 Å². The number of carbonyl (C=O) groups excluding carboxylic acids is 1. The largest absolute Gasteiger partial charge is 0.481 e. The van der Waals surface area contributed by atoms with Crippen molar-refractivity contribution in [3.63, 3.8) is 0 Å². The predicted octanol–water partition coefficient (Wildman–Crippen LogP) is -0.542. The smallest absolute Gasteiger partial charge is 0.315 e. The van der Waals surface area contributed by atoms with E-state index in [1.807, 2.05) is 6.07 Å². The van der Waals surface area contributed by atoms with E-state index in [9.17, 15) is 9.59 Å². The number of carboxylic acid groups (broad SMARTS) is 1. The van der Waals surface area contributed by atoms with E-state index in [4.69, 9.17) is 15.1 Å². The molecule has 1 heterocycles. The van der Waals surface area contributed by atoms with Gasteiger partial charge in [0.2, 0.25) is 5.91 Å². The number of carbonyl (C=O) groups is 2. The molecule has 0 aromatic carbocycles. The highest BCUT2D eigenvalue weighted by atomic mass is 16.5. The van der Waals surface area contributed by atoms with Gasteiger partial charge in [0.1, 0.15) is 5.92 Å². The molecule has 0 aromatic rings. The number of morpholine rings is 1. The number of nitrogens with zero attached hydrogens (tertiary/aromatic N) is 2. The van der Waals surface area contributed by atoms with Gasteiger partial charge in [-0.15, -0.1) is 0 Å². The molecule has 0 aromatic heterocycles. The Morgan fingerprint density at radius 2 is 2.33 bits per heavy atom. The minimum absolute atomic E-state index is 0.146. The molecule has 1 N–H and O–H groups in total. The highest BCUT2D eigenvalue weighted by Gasteiger charge is 2.30. The van der Waals surface area contributed by atoms with Crippen LogP contribution in [0.4, 0.5) is 0 Å². The van der Waals surface area contributed by atoms with Gasteiger partial charge in [-0.05, 0) is 6.92 Å². The summed E-state index contributed by atoms with van der Waals surface area (Å²) in [6.07, 6.45) is -0.649. The van der Waals surface area contributed by atoms with Crippen molar-refractivity contribution >= 4 is 11.9 Å². The molecule has 6 heteroatoms. The molecular weight excluding hydrogens is 200 g/mol. The molecule has 82 valence electrons. The molecule has 2 unspecified atom stereocenters. The number of aliphatic carboxylic acids is 1. The maximum absolute atomic E-state index is 11.6. The highest BCUT2D eigenvalue weighted by Crippen LogP contribution is 2.09. The maximum atomic E-state index is 11.6. The number of nitriles is 1. The molecule has 0 aliphatic carbocycles. The Bertz CT molecular complexity index is 310. The topological polar surface area (TPSA) is 90.6 Å². The minimum Gasteiger partial charge on any atom is -0.481 e. The second-order valence-corrected chi connectivity index (χ2v) is 3.33. The van der Waals surface area contributed by atoms with Gasteiger partial charge < -0.3 is 14.7 Å². The molecule has 0 bridgehead atoms. The third kappa shape index (κ3) is 2.67. The Kier molecular flexibility index (Phi) is 3.63. The van der Waals surface area contributed by atoms with Crippen LogP contribution in [0.15, 0.2) is 0 Å². The average Bonchev–Trinajstić information content (AvgIpc) is 2.27. The molecule has 0 saturated carbocycles. The summed E-state index contributed by atoms with van der Waals surface area (Å²) >= 11 is 0. The lowest BCUT2D eigenvalue weighted by Crippen LogP contribution is -2.48. The summed E-state index contributed by atoms with van der Waals surface area (Å²) in [6, 6.07) is 1.89. The fraction of sp³-hybridized carbons (Fsp3) is 0.667. The van der Waals surface area contributed by atoms with Crippen molar-refractivity contribution < 1.29 is 19.4 Å². The number of ether oxygens (including phenoxy) is 1. The van der Waals surface area contributed by atoms with Crippen molar-refractivity contribution in [1.29, 1.82) is 5.26 Å². The monoisotopic (exact) mass is 212 g/mol. The van der Waals surface area contributed by atoms with Gasteiger partial charge in [-0.3, -0.25) is 9.59 Å². The summed E-state index contributed by atoms with van der Waals surface area (Å²) in [5.74, 6) is -2.69. The quantitative estimate of drug-likeness (QED) is 0.620. The van der Waals surface area contributed by atoms with Crippen LogP contribution in [-0.2, 0) is 14.3 Å². The minimum atomic E-state index is -1.15. The van der Waals surface area contributed by atoms with Crippen molar-refractivity contribution in [2.24, 2.45) is 5.92 Å². The van der Waals surface area contributed by atoms with E-state index in [-0.39, 0.29) is 13.2 Å². The van der Waals surface area contributed by atoms with Gasteiger partial charge in [-0.25, -0.2) is 0 Å². The molecule has 15 heavy (non-hydrogen) atoms. The fourth-order valence-corrected chi connectivity index (χ4v) is 1.31. The molecule has 1 aliphatic heterocycles. The summed E-state index contributed by atoms with van der Waals surface area (Å²) in [4.78, 5) is 23.5. The van der Waals surface area contributed by atoms with Gasteiger partial charge >= 0.3 is 5.97 Å². The Balaban J connectivity index is 2.60. The lowest BCUT2D eigenvalue weighted by Gasteiger charge is -2.30. The first-order valence-electron chi connectivity index (χ1n) is 4.59. The van der Waals surface area contributed by atoms with Crippen LogP contribution < -0.4 is 0 Å². The molecule has 1 saturated heterocycles. The van der Waals surface area contributed by atoms with Crippen LogP contribution in [0.5, 0.6) is 0 Å². The second-order valence-electron chi connectivity index (χ2n) is 3.33. The van der Waals surface area contributed by atoms with Crippen molar-refractivity contribution in [3.05, 3.63) is 0 Å². The van der Waals surface area contributed by atoms with Crippen LogP contribution in [0, 0.1) is 17.2 Å². The summed E-state index contributed by atoms with van der Waals surface area (Å²) in [5, 5.41) is 17.3. The zero-order valence-electron chi connectivity index (χ0n) is 8.34. The van der Waals surface area contributed by atoms with Crippen molar-refractivity contribution in [2.75, 3.05) is 19.7 Å². The molecule has 1 fully saturated rings. The van der Waals surface area contributed by atoms with E-state index < -0.39 is 23.9 Å². The molecule has 1 rings (SSSR count). The van der Waals surface area contributed by atoms with Crippen molar-refractivity contribution in [2.45, 2.75) is 13.0 Å². The fourth-order valence-electron chi connectivity index (χ4n) is 1.31. The maximum Gasteiger partial charge on any atom is 0.315 e. The summed E-state index contributed by atoms with van der Waals surface area (Å²) in [5.41, 5.74) is 0. The average molecular weight is 212 g/mol. The third-order valence-corrected chi connectivity index (χ3v) is 2.26. The lowest BCUT2D eigenvalue weighted by atomic mass is 10.1. The molecule has 0 radical (unpaired) electrons. The number of hydrogen-bond donors (Lipinski definition) is 1. The first kappa shape index (κ1) is 11.5. The Morgan fingerprint density at radius 3 is 2.87 bits per heavy atom. The molecule has 2 atom stereocenters. The zero-order valence-corrected chi connectivity index (χ0v) is 8.34. The number of amides is 1. The Morgan fingerprint density at radius 1 is 1.67 bits per heavy atom. The van der Waals surface area contributed by atoms with E-state index >= 15 is 0 Å². The summed E-state index contributed by atoms with van der Waals surface area (Å²) < 4.78 is 5.05. The number of hydrogen-bond acceptors (Lipinski definition) is 4.